The summed E-state index contributed by atoms with van der Waals surface area (Å²) in [5.74, 6) is -0.687. The fraction of sp³-hybridized carbons (Fsp3) is 0.333. The summed E-state index contributed by atoms with van der Waals surface area (Å²) >= 11 is 0. The minimum absolute atomic E-state index is 0.0250. The first-order valence-corrected chi connectivity index (χ1v) is 9.20. The molecule has 0 aliphatic heterocycles. The van der Waals surface area contributed by atoms with Crippen molar-refractivity contribution in [2.24, 2.45) is 0 Å². The quantitative estimate of drug-likeness (QED) is 0.714. The van der Waals surface area contributed by atoms with E-state index in [1.807, 2.05) is 0 Å². The minimum Gasteiger partial charge on any atom is -0.382 e. The van der Waals surface area contributed by atoms with Crippen LogP contribution in [0.2, 0.25) is 0 Å². The van der Waals surface area contributed by atoms with Crippen LogP contribution in [0.25, 0.3) is 0 Å². The van der Waals surface area contributed by atoms with Gasteiger partial charge in [0.1, 0.15) is 5.82 Å². The second-order valence-electron chi connectivity index (χ2n) is 7.04. The molecule has 29 heavy (non-hydrogen) atoms. The van der Waals surface area contributed by atoms with Crippen molar-refractivity contribution >= 4 is 11.6 Å². The van der Waals surface area contributed by atoms with Crippen molar-refractivity contribution in [3.8, 4) is 6.07 Å². The molecule has 1 aliphatic carbocycles. The minimum atomic E-state index is -4.59. The average molecular weight is 405 g/mol. The van der Waals surface area contributed by atoms with Crippen molar-refractivity contribution in [1.29, 1.82) is 5.26 Å². The lowest BCUT2D eigenvalue weighted by Crippen LogP contribution is -2.40. The maximum atomic E-state index is 13.1. The fourth-order valence-electron chi connectivity index (χ4n) is 3.45. The van der Waals surface area contributed by atoms with E-state index in [-0.39, 0.29) is 18.0 Å². The molecule has 152 valence electrons. The third-order valence-corrected chi connectivity index (χ3v) is 4.99. The summed E-state index contributed by atoms with van der Waals surface area (Å²) in [7, 11) is 0. The normalized spacial score (nSPS) is 19.3. The van der Waals surface area contributed by atoms with Crippen LogP contribution in [0.4, 0.5) is 23.2 Å². The highest BCUT2D eigenvalue weighted by molar-refractivity contribution is 5.94. The largest absolute Gasteiger partial charge is 0.417 e. The SMILES string of the molecule is N#Cc1ccc(N[C@H]2CC[C@@H](NC(=O)c3ccc(F)cc3)CC2)cc1C(F)(F)F. The topological polar surface area (TPSA) is 64.9 Å². The number of anilines is 1. The van der Waals surface area contributed by atoms with Gasteiger partial charge in [0, 0.05) is 23.3 Å². The Kier molecular flexibility index (Phi) is 6.06. The van der Waals surface area contributed by atoms with Crippen molar-refractivity contribution in [3.05, 3.63) is 65.0 Å². The zero-order valence-corrected chi connectivity index (χ0v) is 15.4. The highest BCUT2D eigenvalue weighted by Crippen LogP contribution is 2.34. The number of alkyl halides is 3. The fourth-order valence-corrected chi connectivity index (χ4v) is 3.45. The molecule has 4 nitrogen and oxygen atoms in total. The third kappa shape index (κ3) is 5.25. The summed E-state index contributed by atoms with van der Waals surface area (Å²) in [6, 6.07) is 10.4. The molecule has 8 heteroatoms. The van der Waals surface area contributed by atoms with E-state index in [2.05, 4.69) is 10.6 Å². The molecule has 1 aliphatic rings. The molecule has 0 spiro atoms. The van der Waals surface area contributed by atoms with Gasteiger partial charge in [0.25, 0.3) is 5.91 Å². The van der Waals surface area contributed by atoms with Crippen LogP contribution in [-0.4, -0.2) is 18.0 Å². The Morgan fingerprint density at radius 2 is 1.62 bits per heavy atom. The molecule has 0 aromatic heterocycles. The van der Waals surface area contributed by atoms with Crippen LogP contribution in [-0.2, 0) is 6.18 Å². The Hall–Kier alpha value is -3.08. The van der Waals surface area contributed by atoms with Crippen LogP contribution in [0.3, 0.4) is 0 Å². The van der Waals surface area contributed by atoms with E-state index in [0.29, 0.717) is 36.9 Å². The molecule has 0 unspecified atom stereocenters. The monoisotopic (exact) mass is 405 g/mol. The van der Waals surface area contributed by atoms with Gasteiger partial charge in [-0.05, 0) is 68.1 Å². The van der Waals surface area contributed by atoms with Gasteiger partial charge in [-0.1, -0.05) is 0 Å². The number of hydrogen-bond donors (Lipinski definition) is 2. The Labute approximate surface area is 165 Å². The maximum Gasteiger partial charge on any atom is 0.417 e. The number of halogens is 4. The van der Waals surface area contributed by atoms with E-state index >= 15 is 0 Å². The van der Waals surface area contributed by atoms with Crippen molar-refractivity contribution in [2.75, 3.05) is 5.32 Å². The van der Waals surface area contributed by atoms with Gasteiger partial charge in [0.2, 0.25) is 0 Å². The first kappa shape index (κ1) is 20.6. The van der Waals surface area contributed by atoms with Gasteiger partial charge in [-0.25, -0.2) is 4.39 Å². The average Bonchev–Trinajstić information content (AvgIpc) is 2.69. The summed E-state index contributed by atoms with van der Waals surface area (Å²) in [6.45, 7) is 0. The Bertz CT molecular complexity index is 911. The van der Waals surface area contributed by atoms with E-state index in [1.54, 1.807) is 6.07 Å². The number of nitriles is 1. The second kappa shape index (κ2) is 8.52. The standard InChI is InChI=1S/C21H19F4N3O/c22-15-4-1-13(2-5-15)20(29)28-17-9-7-16(8-10-17)27-18-6-3-14(12-26)19(11-18)21(23,24)25/h1-6,11,16-17,27H,7-10H2,(H,28,29)/t16-,17+. The number of amides is 1. The van der Waals surface area contributed by atoms with Gasteiger partial charge in [-0.2, -0.15) is 18.4 Å². The summed E-state index contributed by atoms with van der Waals surface area (Å²) < 4.78 is 52.2. The summed E-state index contributed by atoms with van der Waals surface area (Å²) in [4.78, 5) is 12.2. The molecule has 1 amide bonds. The van der Waals surface area contributed by atoms with Gasteiger partial charge in [-0.15, -0.1) is 0 Å². The molecule has 0 bridgehead atoms. The van der Waals surface area contributed by atoms with Gasteiger partial charge in [-0.3, -0.25) is 4.79 Å². The van der Waals surface area contributed by atoms with Crippen LogP contribution in [0.1, 0.15) is 47.2 Å². The first-order valence-electron chi connectivity index (χ1n) is 9.20. The van der Waals surface area contributed by atoms with Gasteiger partial charge >= 0.3 is 6.18 Å². The summed E-state index contributed by atoms with van der Waals surface area (Å²) in [6.07, 6.45) is -1.89. The highest BCUT2D eigenvalue weighted by Gasteiger charge is 2.34. The Morgan fingerprint density at radius 3 is 2.21 bits per heavy atom. The summed E-state index contributed by atoms with van der Waals surface area (Å²) in [5.41, 5.74) is -0.667. The third-order valence-electron chi connectivity index (χ3n) is 4.99. The molecular formula is C21H19F4N3O. The van der Waals surface area contributed by atoms with Gasteiger partial charge in [0.15, 0.2) is 0 Å². The second-order valence-corrected chi connectivity index (χ2v) is 7.04. The molecule has 2 aromatic rings. The molecule has 0 heterocycles. The number of nitrogens with zero attached hydrogens (tertiary/aromatic N) is 1. The van der Waals surface area contributed by atoms with Crippen molar-refractivity contribution in [2.45, 2.75) is 43.9 Å². The maximum absolute atomic E-state index is 13.1. The molecule has 0 saturated heterocycles. The van der Waals surface area contributed by atoms with Crippen LogP contribution in [0.15, 0.2) is 42.5 Å². The molecule has 1 fully saturated rings. The van der Waals surface area contributed by atoms with Crippen molar-refractivity contribution < 1.29 is 22.4 Å². The van der Waals surface area contributed by atoms with Crippen LogP contribution >= 0.6 is 0 Å². The molecule has 0 radical (unpaired) electrons. The predicted octanol–water partition coefficient (Wildman–Crippen LogP) is 4.87. The summed E-state index contributed by atoms with van der Waals surface area (Å²) in [5, 5.41) is 14.9. The lowest BCUT2D eigenvalue weighted by molar-refractivity contribution is -0.137. The zero-order chi connectivity index (χ0) is 21.0. The smallest absolute Gasteiger partial charge is 0.382 e. The van der Waals surface area contributed by atoms with E-state index < -0.39 is 23.1 Å². The number of carbonyl (C=O) groups excluding carboxylic acids is 1. The number of nitrogens with one attached hydrogen (secondary N) is 2. The number of benzene rings is 2. The van der Waals surface area contributed by atoms with E-state index in [4.69, 9.17) is 5.26 Å². The van der Waals surface area contributed by atoms with E-state index in [1.165, 1.54) is 36.4 Å². The molecule has 2 aromatic carbocycles. The Morgan fingerprint density at radius 1 is 1.00 bits per heavy atom. The zero-order valence-electron chi connectivity index (χ0n) is 15.4. The molecule has 0 atom stereocenters. The van der Waals surface area contributed by atoms with Crippen LogP contribution in [0, 0.1) is 17.1 Å². The van der Waals surface area contributed by atoms with Crippen molar-refractivity contribution in [3.63, 3.8) is 0 Å². The highest BCUT2D eigenvalue weighted by atomic mass is 19.4. The molecule has 2 N–H and O–H groups in total. The van der Waals surface area contributed by atoms with Gasteiger partial charge < -0.3 is 10.6 Å². The van der Waals surface area contributed by atoms with Crippen LogP contribution < -0.4 is 10.6 Å². The molecule has 3 rings (SSSR count). The molecular weight excluding hydrogens is 386 g/mol. The predicted molar refractivity (Wildman–Crippen MR) is 99.7 cm³/mol. The number of hydrogen-bond acceptors (Lipinski definition) is 3. The Balaban J connectivity index is 1.55. The van der Waals surface area contributed by atoms with Gasteiger partial charge in [0.05, 0.1) is 17.2 Å². The van der Waals surface area contributed by atoms with E-state index in [0.717, 1.165) is 6.07 Å². The lowest BCUT2D eigenvalue weighted by atomic mass is 9.90. The van der Waals surface area contributed by atoms with E-state index in [9.17, 15) is 22.4 Å². The lowest BCUT2D eigenvalue weighted by Gasteiger charge is -2.30. The number of carbonyl (C=O) groups is 1. The number of rotatable bonds is 4. The van der Waals surface area contributed by atoms with Crippen LogP contribution in [0.5, 0.6) is 0 Å². The molecule has 1 saturated carbocycles. The first-order chi connectivity index (χ1) is 13.8. The van der Waals surface area contributed by atoms with Crippen molar-refractivity contribution in [1.82, 2.24) is 5.32 Å².